The molecule has 1 atom stereocenters. The third-order valence-corrected chi connectivity index (χ3v) is 2.65. The zero-order valence-electron chi connectivity index (χ0n) is 5.52. The van der Waals surface area contributed by atoms with Gasteiger partial charge in [0.1, 0.15) is 5.78 Å². The van der Waals surface area contributed by atoms with E-state index in [4.69, 9.17) is 0 Å². The van der Waals surface area contributed by atoms with Crippen LogP contribution in [0.15, 0.2) is 0 Å². The van der Waals surface area contributed by atoms with Crippen LogP contribution in [0.25, 0.3) is 0 Å². The lowest BCUT2D eigenvalue weighted by molar-refractivity contribution is -0.116. The summed E-state index contributed by atoms with van der Waals surface area (Å²) in [6.07, 6.45) is 2.18. The largest absolute Gasteiger partial charge is 0.299 e. The maximum Gasteiger partial charge on any atom is 0.144 e. The van der Waals surface area contributed by atoms with Crippen LogP contribution in [0.2, 0.25) is 0 Å². The molecule has 3 heteroatoms. The average Bonchev–Trinajstić information content (AvgIpc) is 1.90. The van der Waals surface area contributed by atoms with E-state index in [1.54, 1.807) is 18.9 Å². The van der Waals surface area contributed by atoms with Gasteiger partial charge in [-0.2, -0.15) is 0 Å². The molecule has 1 N–H and O–H groups in total. The van der Waals surface area contributed by atoms with Gasteiger partial charge in [-0.25, -0.2) is 0 Å². The number of nitrogens with one attached hydrogen (secondary N) is 1. The third-order valence-electron chi connectivity index (χ3n) is 1.42. The Labute approximate surface area is 59.5 Å². The lowest BCUT2D eigenvalue weighted by Crippen LogP contribution is -2.25. The van der Waals surface area contributed by atoms with E-state index in [0.29, 0.717) is 5.78 Å². The molecule has 0 aromatic carbocycles. The summed E-state index contributed by atoms with van der Waals surface area (Å²) in [5.41, 5.74) is 0. The van der Waals surface area contributed by atoms with Crippen molar-refractivity contribution in [3.05, 3.63) is 0 Å². The highest BCUT2D eigenvalue weighted by Gasteiger charge is 2.17. The van der Waals surface area contributed by atoms with Gasteiger partial charge in [0.2, 0.25) is 0 Å². The predicted octanol–water partition coefficient (Wildman–Crippen LogP) is 0.976. The van der Waals surface area contributed by atoms with Crippen LogP contribution in [-0.4, -0.2) is 17.6 Å². The molecule has 0 spiro atoms. The maximum absolute atomic E-state index is 10.7. The third kappa shape index (κ3) is 1.99. The highest BCUT2D eigenvalue weighted by Crippen LogP contribution is 2.18. The van der Waals surface area contributed by atoms with Crippen LogP contribution in [0.3, 0.4) is 0 Å². The molecule has 0 aromatic heterocycles. The van der Waals surface area contributed by atoms with Crippen molar-refractivity contribution in [2.24, 2.45) is 0 Å². The van der Waals surface area contributed by atoms with Gasteiger partial charge in [-0.15, -0.1) is 0 Å². The summed E-state index contributed by atoms with van der Waals surface area (Å²) >= 11 is 1.57. The molecule has 0 bridgehead atoms. The van der Waals surface area contributed by atoms with Crippen molar-refractivity contribution in [2.75, 3.05) is 6.54 Å². The van der Waals surface area contributed by atoms with Crippen LogP contribution in [0.4, 0.5) is 0 Å². The van der Waals surface area contributed by atoms with Gasteiger partial charge in [0.25, 0.3) is 0 Å². The summed E-state index contributed by atoms with van der Waals surface area (Å²) < 4.78 is 3.11. The molecular weight excluding hydrogens is 134 g/mol. The van der Waals surface area contributed by atoms with E-state index in [9.17, 15) is 4.79 Å². The minimum atomic E-state index is 0.221. The molecule has 0 aromatic rings. The van der Waals surface area contributed by atoms with Crippen molar-refractivity contribution in [3.8, 4) is 0 Å². The van der Waals surface area contributed by atoms with Gasteiger partial charge in [0.15, 0.2) is 0 Å². The highest BCUT2D eigenvalue weighted by molar-refractivity contribution is 7.98. The number of carbonyl (C=O) groups excluding carboxylic acids is 1. The first-order valence-electron chi connectivity index (χ1n) is 3.19. The van der Waals surface area contributed by atoms with Gasteiger partial charge in [-0.3, -0.25) is 9.52 Å². The first-order valence-corrected chi connectivity index (χ1v) is 4.07. The molecule has 0 aliphatic carbocycles. The molecule has 1 aliphatic rings. The fourth-order valence-corrected chi connectivity index (χ4v) is 1.78. The molecule has 2 nitrogen and oxygen atoms in total. The molecule has 1 fully saturated rings. The predicted molar refractivity (Wildman–Crippen MR) is 39.3 cm³/mol. The van der Waals surface area contributed by atoms with Crippen LogP contribution in [0.5, 0.6) is 0 Å². The smallest absolute Gasteiger partial charge is 0.144 e. The van der Waals surface area contributed by atoms with Crippen LogP contribution in [0, 0.1) is 0 Å². The van der Waals surface area contributed by atoms with E-state index in [2.05, 4.69) is 4.72 Å². The fraction of sp³-hybridized carbons (Fsp3) is 0.833. The van der Waals surface area contributed by atoms with E-state index < -0.39 is 0 Å². The Morgan fingerprint density at radius 2 is 2.56 bits per heavy atom. The molecule has 1 rings (SSSR count). The average molecular weight is 145 g/mol. The van der Waals surface area contributed by atoms with Gasteiger partial charge in [0, 0.05) is 6.54 Å². The minimum Gasteiger partial charge on any atom is -0.299 e. The van der Waals surface area contributed by atoms with E-state index in [1.165, 1.54) is 0 Å². The van der Waals surface area contributed by atoms with Crippen molar-refractivity contribution in [3.63, 3.8) is 0 Å². The summed E-state index contributed by atoms with van der Waals surface area (Å²) in [6.45, 7) is 2.71. The second-order valence-electron chi connectivity index (χ2n) is 2.25. The van der Waals surface area contributed by atoms with E-state index in [0.717, 1.165) is 19.4 Å². The monoisotopic (exact) mass is 145 g/mol. The topological polar surface area (TPSA) is 29.1 Å². The normalized spacial score (nSPS) is 27.9. The zero-order chi connectivity index (χ0) is 6.69. The van der Waals surface area contributed by atoms with Crippen LogP contribution in [-0.2, 0) is 4.79 Å². The number of carbonyl (C=O) groups is 1. The number of hydrogen-bond donors (Lipinski definition) is 1. The minimum absolute atomic E-state index is 0.221. The first kappa shape index (κ1) is 7.09. The number of ketones is 1. The molecule has 9 heavy (non-hydrogen) atoms. The Morgan fingerprint density at radius 1 is 1.78 bits per heavy atom. The van der Waals surface area contributed by atoms with Crippen LogP contribution >= 0.6 is 11.9 Å². The number of hydrogen-bond acceptors (Lipinski definition) is 3. The second-order valence-corrected chi connectivity index (χ2v) is 3.35. The Balaban J connectivity index is 2.31. The SMILES string of the molecule is CC(=O)C1CCCNS1. The molecule has 1 saturated heterocycles. The van der Waals surface area contributed by atoms with Gasteiger partial charge >= 0.3 is 0 Å². The molecule has 52 valence electrons. The summed E-state index contributed by atoms with van der Waals surface area (Å²) in [7, 11) is 0. The quantitative estimate of drug-likeness (QED) is 0.557. The first-order chi connectivity index (χ1) is 4.30. The van der Waals surface area contributed by atoms with Crippen molar-refractivity contribution in [1.82, 2.24) is 4.72 Å². The second kappa shape index (κ2) is 3.22. The van der Waals surface area contributed by atoms with Crippen LogP contribution < -0.4 is 4.72 Å². The Bertz CT molecular complexity index is 110. The molecule has 0 radical (unpaired) electrons. The van der Waals surface area contributed by atoms with Gasteiger partial charge in [-0.05, 0) is 19.8 Å². The number of Topliss-reactive ketones (excluding diaryl/α,β-unsaturated/α-hetero) is 1. The van der Waals surface area contributed by atoms with Crippen molar-refractivity contribution in [1.29, 1.82) is 0 Å². The molecule has 0 saturated carbocycles. The number of rotatable bonds is 1. The standard InChI is InChI=1S/C6H11NOS/c1-5(8)6-3-2-4-7-9-6/h6-7H,2-4H2,1H3. The Hall–Kier alpha value is -0.0200. The summed E-state index contributed by atoms with van der Waals surface area (Å²) in [5, 5.41) is 0.221. The van der Waals surface area contributed by atoms with Crippen molar-refractivity contribution >= 4 is 17.7 Å². The summed E-state index contributed by atoms with van der Waals surface area (Å²) in [5.74, 6) is 0.298. The highest BCUT2D eigenvalue weighted by atomic mass is 32.2. The lowest BCUT2D eigenvalue weighted by Gasteiger charge is -2.18. The van der Waals surface area contributed by atoms with E-state index >= 15 is 0 Å². The maximum atomic E-state index is 10.7. The van der Waals surface area contributed by atoms with Gasteiger partial charge in [-0.1, -0.05) is 11.9 Å². The molecule has 1 unspecified atom stereocenters. The molecular formula is C6H11NOS. The van der Waals surface area contributed by atoms with Crippen LogP contribution in [0.1, 0.15) is 19.8 Å². The Kier molecular flexibility index (Phi) is 2.54. The zero-order valence-corrected chi connectivity index (χ0v) is 6.33. The Morgan fingerprint density at radius 3 is 2.89 bits per heavy atom. The van der Waals surface area contributed by atoms with E-state index in [-0.39, 0.29) is 5.25 Å². The van der Waals surface area contributed by atoms with E-state index in [1.807, 2.05) is 0 Å². The lowest BCUT2D eigenvalue weighted by atomic mass is 10.2. The molecule has 1 aliphatic heterocycles. The fourth-order valence-electron chi connectivity index (χ4n) is 0.864. The summed E-state index contributed by atoms with van der Waals surface area (Å²) in [4.78, 5) is 10.7. The van der Waals surface area contributed by atoms with Gasteiger partial charge < -0.3 is 0 Å². The molecule has 0 amide bonds. The van der Waals surface area contributed by atoms with Gasteiger partial charge in [0.05, 0.1) is 5.25 Å². The van der Waals surface area contributed by atoms with Crippen molar-refractivity contribution in [2.45, 2.75) is 25.0 Å². The van der Waals surface area contributed by atoms with Crippen molar-refractivity contribution < 1.29 is 4.79 Å². The summed E-state index contributed by atoms with van der Waals surface area (Å²) in [6, 6.07) is 0. The molecule has 1 heterocycles.